The maximum atomic E-state index is 12.9. The van der Waals surface area contributed by atoms with Gasteiger partial charge in [0.05, 0.1) is 11.1 Å². The number of carbonyl (C=O) groups is 2. The van der Waals surface area contributed by atoms with E-state index in [2.05, 4.69) is 25.8 Å². The highest BCUT2D eigenvalue weighted by Gasteiger charge is 2.27. The van der Waals surface area contributed by atoms with Crippen molar-refractivity contribution in [2.24, 2.45) is 0 Å². The average molecular weight is 345 g/mol. The van der Waals surface area contributed by atoms with Gasteiger partial charge in [0.1, 0.15) is 0 Å². The Morgan fingerprint density at radius 1 is 1.12 bits per heavy atom. The van der Waals surface area contributed by atoms with Gasteiger partial charge in [-0.3, -0.25) is 14.6 Å². The minimum atomic E-state index is -0.0310. The molecule has 2 amide bonds. The Bertz CT molecular complexity index is 582. The van der Waals surface area contributed by atoms with Gasteiger partial charge in [-0.1, -0.05) is 20.8 Å². The van der Waals surface area contributed by atoms with Crippen LogP contribution in [0.1, 0.15) is 80.0 Å². The first-order valence-electron chi connectivity index (χ1n) is 9.67. The van der Waals surface area contributed by atoms with Crippen molar-refractivity contribution in [3.8, 4) is 0 Å². The van der Waals surface area contributed by atoms with Gasteiger partial charge in [0.25, 0.3) is 11.8 Å². The molecular weight excluding hydrogens is 314 g/mol. The van der Waals surface area contributed by atoms with Crippen LogP contribution in [0.3, 0.4) is 0 Å². The lowest BCUT2D eigenvalue weighted by atomic mass is 9.99. The summed E-state index contributed by atoms with van der Waals surface area (Å²) in [6.45, 7) is 8.52. The van der Waals surface area contributed by atoms with Gasteiger partial charge in [-0.15, -0.1) is 0 Å². The summed E-state index contributed by atoms with van der Waals surface area (Å²) in [6.07, 6.45) is 9.27. The highest BCUT2D eigenvalue weighted by molar-refractivity contribution is 5.99. The molecule has 5 nitrogen and oxygen atoms in total. The van der Waals surface area contributed by atoms with Crippen LogP contribution in [0.25, 0.3) is 0 Å². The molecule has 0 aliphatic carbocycles. The van der Waals surface area contributed by atoms with Gasteiger partial charge >= 0.3 is 0 Å². The van der Waals surface area contributed by atoms with E-state index in [9.17, 15) is 9.59 Å². The molecule has 1 saturated heterocycles. The van der Waals surface area contributed by atoms with Crippen molar-refractivity contribution in [3.63, 3.8) is 0 Å². The van der Waals surface area contributed by atoms with Crippen molar-refractivity contribution >= 4 is 11.8 Å². The van der Waals surface area contributed by atoms with Crippen LogP contribution >= 0.6 is 0 Å². The minimum absolute atomic E-state index is 0.00577. The molecule has 2 heterocycles. The van der Waals surface area contributed by atoms with E-state index < -0.39 is 0 Å². The van der Waals surface area contributed by atoms with Gasteiger partial charge in [-0.05, 0) is 44.6 Å². The van der Waals surface area contributed by atoms with E-state index in [1.54, 1.807) is 18.5 Å². The Balaban J connectivity index is 2.19. The van der Waals surface area contributed by atoms with E-state index in [1.807, 2.05) is 9.80 Å². The van der Waals surface area contributed by atoms with Gasteiger partial charge in [-0.25, -0.2) is 0 Å². The summed E-state index contributed by atoms with van der Waals surface area (Å²) in [4.78, 5) is 33.7. The zero-order valence-electron chi connectivity index (χ0n) is 15.8. The number of likely N-dealkylation sites (tertiary alicyclic amines) is 1. The molecule has 25 heavy (non-hydrogen) atoms. The fourth-order valence-electron chi connectivity index (χ4n) is 3.57. The summed E-state index contributed by atoms with van der Waals surface area (Å²) in [5.41, 5.74) is 1.04. The third-order valence-electron chi connectivity index (χ3n) is 4.87. The Labute approximate surface area is 151 Å². The van der Waals surface area contributed by atoms with Crippen molar-refractivity contribution in [1.29, 1.82) is 0 Å². The normalized spacial score (nSPS) is 17.4. The van der Waals surface area contributed by atoms with Gasteiger partial charge in [0.15, 0.2) is 0 Å². The second-order valence-corrected chi connectivity index (χ2v) is 6.81. The molecule has 0 bridgehead atoms. The van der Waals surface area contributed by atoms with Crippen LogP contribution in [0.2, 0.25) is 0 Å². The summed E-state index contributed by atoms with van der Waals surface area (Å²) >= 11 is 0. The number of nitrogens with zero attached hydrogens (tertiary/aromatic N) is 3. The molecule has 1 aromatic rings. The van der Waals surface area contributed by atoms with Crippen LogP contribution < -0.4 is 0 Å². The number of pyridine rings is 1. The lowest BCUT2D eigenvalue weighted by Crippen LogP contribution is -2.43. The molecule has 0 spiro atoms. The quantitative estimate of drug-likeness (QED) is 0.756. The number of amides is 2. The molecule has 0 N–H and O–H groups in total. The molecule has 1 aliphatic rings. The van der Waals surface area contributed by atoms with Crippen molar-refractivity contribution in [1.82, 2.24) is 14.8 Å². The third-order valence-corrected chi connectivity index (χ3v) is 4.87. The maximum Gasteiger partial charge on any atom is 0.255 e. The molecule has 1 aliphatic heterocycles. The molecule has 2 rings (SSSR count). The summed E-state index contributed by atoms with van der Waals surface area (Å²) in [6, 6.07) is 2.02. The van der Waals surface area contributed by atoms with Crippen LogP contribution in [0.15, 0.2) is 18.5 Å². The van der Waals surface area contributed by atoms with Crippen LogP contribution in [-0.2, 0) is 0 Å². The molecule has 0 radical (unpaired) electrons. The topological polar surface area (TPSA) is 53.5 Å². The summed E-state index contributed by atoms with van der Waals surface area (Å²) < 4.78 is 0. The first-order valence-corrected chi connectivity index (χ1v) is 9.67. The molecule has 0 aromatic carbocycles. The van der Waals surface area contributed by atoms with Crippen LogP contribution in [-0.4, -0.2) is 52.3 Å². The van der Waals surface area contributed by atoms with Crippen molar-refractivity contribution < 1.29 is 9.59 Å². The maximum absolute atomic E-state index is 12.9. The standard InChI is InChI=1S/C20H31N3O2/c1-4-10-22(11-5-2)19(24)16-13-17(15-21-14-16)20(25)23-12-8-7-9-18(23)6-3/h13-15,18H,4-12H2,1-3H3. The van der Waals surface area contributed by atoms with E-state index in [4.69, 9.17) is 0 Å². The molecule has 5 heteroatoms. The van der Waals surface area contributed by atoms with Crippen molar-refractivity contribution in [3.05, 3.63) is 29.6 Å². The van der Waals surface area contributed by atoms with Gasteiger partial charge < -0.3 is 9.80 Å². The van der Waals surface area contributed by atoms with Gasteiger partial charge in [0.2, 0.25) is 0 Å². The molecule has 1 fully saturated rings. The van der Waals surface area contributed by atoms with E-state index in [1.165, 1.54) is 6.42 Å². The smallest absolute Gasteiger partial charge is 0.255 e. The predicted octanol–water partition coefficient (Wildman–Crippen LogP) is 3.75. The first kappa shape index (κ1) is 19.4. The number of rotatable bonds is 7. The fourth-order valence-corrected chi connectivity index (χ4v) is 3.57. The van der Waals surface area contributed by atoms with Gasteiger partial charge in [-0.2, -0.15) is 0 Å². The highest BCUT2D eigenvalue weighted by Crippen LogP contribution is 2.22. The lowest BCUT2D eigenvalue weighted by Gasteiger charge is -2.35. The number of aromatic nitrogens is 1. The number of piperidine rings is 1. The monoisotopic (exact) mass is 345 g/mol. The predicted molar refractivity (Wildman–Crippen MR) is 99.7 cm³/mol. The molecule has 1 aromatic heterocycles. The van der Waals surface area contributed by atoms with Crippen molar-refractivity contribution in [2.75, 3.05) is 19.6 Å². The lowest BCUT2D eigenvalue weighted by molar-refractivity contribution is 0.0607. The second kappa shape index (κ2) is 9.54. The number of hydrogen-bond donors (Lipinski definition) is 0. The Morgan fingerprint density at radius 2 is 1.80 bits per heavy atom. The van der Waals surface area contributed by atoms with E-state index in [-0.39, 0.29) is 11.8 Å². The van der Waals surface area contributed by atoms with E-state index in [0.29, 0.717) is 17.2 Å². The van der Waals surface area contributed by atoms with E-state index in [0.717, 1.165) is 51.7 Å². The Morgan fingerprint density at radius 3 is 2.44 bits per heavy atom. The highest BCUT2D eigenvalue weighted by atomic mass is 16.2. The molecule has 0 saturated carbocycles. The van der Waals surface area contributed by atoms with Crippen molar-refractivity contribution in [2.45, 2.75) is 65.3 Å². The van der Waals surface area contributed by atoms with Gasteiger partial charge in [0, 0.05) is 38.1 Å². The van der Waals surface area contributed by atoms with Crippen LogP contribution in [0.5, 0.6) is 0 Å². The SMILES string of the molecule is CCCN(CCC)C(=O)c1cncc(C(=O)N2CCCCC2CC)c1. The fraction of sp³-hybridized carbons (Fsp3) is 0.650. The second-order valence-electron chi connectivity index (χ2n) is 6.81. The third kappa shape index (κ3) is 4.80. The largest absolute Gasteiger partial charge is 0.339 e. The molecule has 1 unspecified atom stereocenters. The summed E-state index contributed by atoms with van der Waals surface area (Å²) in [7, 11) is 0. The molecule has 138 valence electrons. The van der Waals surface area contributed by atoms with Crippen LogP contribution in [0, 0.1) is 0 Å². The Hall–Kier alpha value is -1.91. The van der Waals surface area contributed by atoms with Crippen LogP contribution in [0.4, 0.5) is 0 Å². The summed E-state index contributed by atoms with van der Waals surface area (Å²) in [5, 5.41) is 0. The number of carbonyl (C=O) groups excluding carboxylic acids is 2. The molecule has 1 atom stereocenters. The minimum Gasteiger partial charge on any atom is -0.339 e. The zero-order chi connectivity index (χ0) is 18.2. The average Bonchev–Trinajstić information content (AvgIpc) is 2.66. The molecular formula is C20H31N3O2. The zero-order valence-corrected chi connectivity index (χ0v) is 15.8. The summed E-state index contributed by atoms with van der Waals surface area (Å²) in [5.74, 6) is -0.0252. The number of hydrogen-bond acceptors (Lipinski definition) is 3. The van der Waals surface area contributed by atoms with E-state index >= 15 is 0 Å². The Kier molecular flexibility index (Phi) is 7.41. The first-order chi connectivity index (χ1) is 12.1.